The molecule has 104 valence electrons. The van der Waals surface area contributed by atoms with Gasteiger partial charge in [-0.15, -0.1) is 0 Å². The molecule has 0 aliphatic heterocycles. The molecular weight excluding hydrogens is 234 g/mol. The smallest absolute Gasteiger partial charge is 0.121 e. The fourth-order valence-corrected chi connectivity index (χ4v) is 2.13. The number of nitrogens with zero attached hydrogens (tertiary/aromatic N) is 2. The lowest BCUT2D eigenvalue weighted by Gasteiger charge is -2.21. The van der Waals surface area contributed by atoms with Crippen LogP contribution in [0.25, 0.3) is 0 Å². The van der Waals surface area contributed by atoms with Crippen molar-refractivity contribution < 1.29 is 0 Å². The first kappa shape index (κ1) is 15.5. The van der Waals surface area contributed by atoms with Gasteiger partial charge in [-0.2, -0.15) is 5.26 Å². The van der Waals surface area contributed by atoms with Gasteiger partial charge in [0.15, 0.2) is 0 Å². The highest BCUT2D eigenvalue weighted by molar-refractivity contribution is 5.48. The highest BCUT2D eigenvalue weighted by Gasteiger charge is 2.09. The molecule has 0 bridgehead atoms. The van der Waals surface area contributed by atoms with Gasteiger partial charge in [-0.1, -0.05) is 25.5 Å². The summed E-state index contributed by atoms with van der Waals surface area (Å²) >= 11 is 0. The van der Waals surface area contributed by atoms with Crippen molar-refractivity contribution in [3.63, 3.8) is 0 Å². The minimum atomic E-state index is -0.197. The van der Waals surface area contributed by atoms with Crippen LogP contribution < -0.4 is 10.2 Å². The molecule has 1 atom stereocenters. The Kier molecular flexibility index (Phi) is 6.99. The van der Waals surface area contributed by atoms with E-state index in [-0.39, 0.29) is 6.04 Å². The standard InChI is InChI=1S/C16H25N3/c1-4-7-12-18-16(13-17)14-8-10-15(11-9-14)19(5-2)6-3/h8-11,16,18H,4-7,12H2,1-3H3. The van der Waals surface area contributed by atoms with Crippen LogP contribution in [0.1, 0.15) is 45.2 Å². The van der Waals surface area contributed by atoms with E-state index in [1.165, 1.54) is 5.69 Å². The molecule has 19 heavy (non-hydrogen) atoms. The predicted molar refractivity (Wildman–Crippen MR) is 81.3 cm³/mol. The molecule has 1 aromatic carbocycles. The van der Waals surface area contributed by atoms with Gasteiger partial charge in [-0.3, -0.25) is 5.32 Å². The second-order valence-corrected chi connectivity index (χ2v) is 4.63. The molecule has 0 amide bonds. The lowest BCUT2D eigenvalue weighted by Crippen LogP contribution is -2.23. The van der Waals surface area contributed by atoms with Gasteiger partial charge in [0.1, 0.15) is 6.04 Å². The third-order valence-corrected chi connectivity index (χ3v) is 3.36. The molecule has 1 aromatic rings. The maximum atomic E-state index is 9.23. The second-order valence-electron chi connectivity index (χ2n) is 4.63. The van der Waals surface area contributed by atoms with Crippen LogP contribution in [0.3, 0.4) is 0 Å². The Morgan fingerprint density at radius 3 is 2.26 bits per heavy atom. The van der Waals surface area contributed by atoms with Gasteiger partial charge >= 0.3 is 0 Å². The third kappa shape index (κ3) is 4.57. The molecule has 3 nitrogen and oxygen atoms in total. The highest BCUT2D eigenvalue weighted by Crippen LogP contribution is 2.19. The molecule has 0 radical (unpaired) electrons. The number of unbranched alkanes of at least 4 members (excludes halogenated alkanes) is 1. The van der Waals surface area contributed by atoms with Gasteiger partial charge in [0, 0.05) is 18.8 Å². The zero-order valence-electron chi connectivity index (χ0n) is 12.3. The molecule has 0 spiro atoms. The van der Waals surface area contributed by atoms with E-state index >= 15 is 0 Å². The van der Waals surface area contributed by atoms with E-state index in [1.807, 2.05) is 0 Å². The molecule has 0 fully saturated rings. The van der Waals surface area contributed by atoms with Crippen LogP contribution in [0, 0.1) is 11.3 Å². The largest absolute Gasteiger partial charge is 0.372 e. The van der Waals surface area contributed by atoms with Crippen molar-refractivity contribution in [2.24, 2.45) is 0 Å². The molecule has 0 saturated heterocycles. The van der Waals surface area contributed by atoms with Crippen LogP contribution >= 0.6 is 0 Å². The summed E-state index contributed by atoms with van der Waals surface area (Å²) in [7, 11) is 0. The van der Waals surface area contributed by atoms with Crippen LogP contribution in [0.15, 0.2) is 24.3 Å². The van der Waals surface area contributed by atoms with Crippen molar-refractivity contribution >= 4 is 5.69 Å². The number of hydrogen-bond acceptors (Lipinski definition) is 3. The predicted octanol–water partition coefficient (Wildman–Crippen LogP) is 3.49. The summed E-state index contributed by atoms with van der Waals surface area (Å²) in [4.78, 5) is 2.30. The van der Waals surface area contributed by atoms with E-state index in [2.05, 4.69) is 61.3 Å². The zero-order valence-corrected chi connectivity index (χ0v) is 12.3. The van der Waals surface area contributed by atoms with E-state index in [1.54, 1.807) is 0 Å². The summed E-state index contributed by atoms with van der Waals surface area (Å²) in [6.45, 7) is 9.37. The summed E-state index contributed by atoms with van der Waals surface area (Å²) in [6.07, 6.45) is 2.25. The maximum Gasteiger partial charge on any atom is 0.121 e. The van der Waals surface area contributed by atoms with Crippen LogP contribution in [0.5, 0.6) is 0 Å². The van der Waals surface area contributed by atoms with Crippen LogP contribution in [0.2, 0.25) is 0 Å². The molecule has 0 aromatic heterocycles. The van der Waals surface area contributed by atoms with Crippen LogP contribution in [-0.4, -0.2) is 19.6 Å². The van der Waals surface area contributed by atoms with Gasteiger partial charge in [0.25, 0.3) is 0 Å². The van der Waals surface area contributed by atoms with Crippen molar-refractivity contribution in [1.29, 1.82) is 5.26 Å². The Balaban J connectivity index is 2.70. The van der Waals surface area contributed by atoms with Crippen molar-refractivity contribution in [3.8, 4) is 6.07 Å². The number of anilines is 1. The quantitative estimate of drug-likeness (QED) is 0.726. The molecule has 1 rings (SSSR count). The van der Waals surface area contributed by atoms with Crippen LogP contribution in [-0.2, 0) is 0 Å². The molecular formula is C16H25N3. The van der Waals surface area contributed by atoms with Crippen molar-refractivity contribution in [2.75, 3.05) is 24.5 Å². The number of rotatable bonds is 8. The Hall–Kier alpha value is -1.53. The van der Waals surface area contributed by atoms with Gasteiger partial charge < -0.3 is 4.90 Å². The first-order valence-corrected chi connectivity index (χ1v) is 7.24. The van der Waals surface area contributed by atoms with Gasteiger partial charge in [-0.25, -0.2) is 0 Å². The molecule has 0 heterocycles. The molecule has 0 aliphatic carbocycles. The fraction of sp³-hybridized carbons (Fsp3) is 0.562. The Morgan fingerprint density at radius 1 is 1.16 bits per heavy atom. The molecule has 1 N–H and O–H groups in total. The van der Waals surface area contributed by atoms with Crippen molar-refractivity contribution in [2.45, 2.75) is 39.7 Å². The summed E-state index contributed by atoms with van der Waals surface area (Å²) < 4.78 is 0. The van der Waals surface area contributed by atoms with E-state index in [0.29, 0.717) is 0 Å². The van der Waals surface area contributed by atoms with Crippen molar-refractivity contribution in [3.05, 3.63) is 29.8 Å². The third-order valence-electron chi connectivity index (χ3n) is 3.36. The summed E-state index contributed by atoms with van der Waals surface area (Å²) in [6, 6.07) is 10.5. The zero-order chi connectivity index (χ0) is 14.1. The average molecular weight is 259 g/mol. The Bertz CT molecular complexity index is 387. The summed E-state index contributed by atoms with van der Waals surface area (Å²) in [5.74, 6) is 0. The summed E-state index contributed by atoms with van der Waals surface area (Å²) in [5.41, 5.74) is 2.27. The average Bonchev–Trinajstić information content (AvgIpc) is 2.46. The lowest BCUT2D eigenvalue weighted by atomic mass is 10.1. The van der Waals surface area contributed by atoms with Crippen LogP contribution in [0.4, 0.5) is 5.69 Å². The Labute approximate surface area is 117 Å². The molecule has 3 heteroatoms. The van der Waals surface area contributed by atoms with Gasteiger partial charge in [0.2, 0.25) is 0 Å². The van der Waals surface area contributed by atoms with E-state index in [0.717, 1.165) is 38.0 Å². The minimum Gasteiger partial charge on any atom is -0.372 e. The topological polar surface area (TPSA) is 39.1 Å². The monoisotopic (exact) mass is 259 g/mol. The molecule has 0 aliphatic rings. The first-order valence-electron chi connectivity index (χ1n) is 7.24. The first-order chi connectivity index (χ1) is 9.26. The normalized spacial score (nSPS) is 11.9. The SMILES string of the molecule is CCCCNC(C#N)c1ccc(N(CC)CC)cc1. The summed E-state index contributed by atoms with van der Waals surface area (Å²) in [5, 5.41) is 12.5. The number of nitriles is 1. The minimum absolute atomic E-state index is 0.197. The lowest BCUT2D eigenvalue weighted by molar-refractivity contribution is 0.598. The van der Waals surface area contributed by atoms with E-state index in [4.69, 9.17) is 0 Å². The van der Waals surface area contributed by atoms with E-state index < -0.39 is 0 Å². The second kappa shape index (κ2) is 8.55. The number of hydrogen-bond donors (Lipinski definition) is 1. The maximum absolute atomic E-state index is 9.23. The number of nitrogens with one attached hydrogen (secondary N) is 1. The molecule has 0 saturated carbocycles. The number of benzene rings is 1. The molecule has 1 unspecified atom stereocenters. The van der Waals surface area contributed by atoms with E-state index in [9.17, 15) is 5.26 Å². The van der Waals surface area contributed by atoms with Gasteiger partial charge in [0.05, 0.1) is 6.07 Å². The fourth-order valence-electron chi connectivity index (χ4n) is 2.13. The van der Waals surface area contributed by atoms with Crippen molar-refractivity contribution in [1.82, 2.24) is 5.32 Å². The Morgan fingerprint density at radius 2 is 1.79 bits per heavy atom. The van der Waals surface area contributed by atoms with Gasteiger partial charge in [-0.05, 0) is 44.5 Å². The highest BCUT2D eigenvalue weighted by atomic mass is 15.1.